The second-order valence-corrected chi connectivity index (χ2v) is 4.46. The Bertz CT molecular complexity index is 733. The van der Waals surface area contributed by atoms with E-state index in [9.17, 15) is 14.7 Å². The molecule has 2 aromatic carbocycles. The molecule has 2 N–H and O–H groups in total. The maximum Gasteiger partial charge on any atom is 0.337 e. The predicted octanol–water partition coefficient (Wildman–Crippen LogP) is 2.78. The maximum atomic E-state index is 11.4. The Hall–Kier alpha value is -2.82. The minimum Gasteiger partial charge on any atom is -0.478 e. The molecule has 1 aliphatic rings. The van der Waals surface area contributed by atoms with Gasteiger partial charge in [-0.05, 0) is 23.8 Å². The quantitative estimate of drug-likeness (QED) is 0.748. The summed E-state index contributed by atoms with van der Waals surface area (Å²) >= 11 is 0. The van der Waals surface area contributed by atoms with Crippen LogP contribution in [0.15, 0.2) is 36.4 Å². The molecule has 0 atom stereocenters. The number of fused-ring (bicyclic) bond motifs is 2. The highest BCUT2D eigenvalue weighted by Gasteiger charge is 2.27. The molecule has 5 nitrogen and oxygen atoms in total. The van der Waals surface area contributed by atoms with Gasteiger partial charge in [0.25, 0.3) is 0 Å². The molecule has 0 saturated carbocycles. The molecule has 0 unspecified atom stereocenters. The van der Waals surface area contributed by atoms with Crippen molar-refractivity contribution >= 4 is 11.9 Å². The molecule has 0 radical (unpaired) electrons. The van der Waals surface area contributed by atoms with Gasteiger partial charge in [0.2, 0.25) is 0 Å². The standard InChI is InChI=1S/C15H10O5/c16-14(17)9-5-6-12-10(13(9)15(18)19)7-8-3-1-2-4-11(8)20-12/h1-6H,7H2,(H,16,17)(H,18,19). The zero-order chi connectivity index (χ0) is 14.3. The lowest BCUT2D eigenvalue weighted by Crippen LogP contribution is -2.15. The van der Waals surface area contributed by atoms with Crippen LogP contribution in [0.5, 0.6) is 11.5 Å². The molecule has 0 amide bonds. The van der Waals surface area contributed by atoms with Gasteiger partial charge in [0, 0.05) is 12.0 Å². The number of carboxylic acids is 2. The molecule has 0 fully saturated rings. The minimum atomic E-state index is -1.26. The van der Waals surface area contributed by atoms with E-state index in [1.54, 1.807) is 6.07 Å². The third-order valence-corrected chi connectivity index (χ3v) is 3.27. The number of aromatic carboxylic acids is 2. The van der Waals surface area contributed by atoms with Gasteiger partial charge in [-0.3, -0.25) is 0 Å². The first kappa shape index (κ1) is 12.2. The molecule has 100 valence electrons. The topological polar surface area (TPSA) is 83.8 Å². The SMILES string of the molecule is O=C(O)c1ccc2c(c1C(=O)O)Cc1ccccc1O2. The van der Waals surface area contributed by atoms with Gasteiger partial charge in [-0.15, -0.1) is 0 Å². The first-order valence-electron chi connectivity index (χ1n) is 5.96. The van der Waals surface area contributed by atoms with Gasteiger partial charge in [0.1, 0.15) is 11.5 Å². The molecule has 1 aliphatic heterocycles. The number of rotatable bonds is 2. The fraction of sp³-hybridized carbons (Fsp3) is 0.0667. The van der Waals surface area contributed by atoms with E-state index in [2.05, 4.69) is 0 Å². The third kappa shape index (κ3) is 1.80. The van der Waals surface area contributed by atoms with Crippen LogP contribution < -0.4 is 4.74 Å². The van der Waals surface area contributed by atoms with E-state index in [0.717, 1.165) is 5.56 Å². The highest BCUT2D eigenvalue weighted by Crippen LogP contribution is 2.39. The molecule has 0 spiro atoms. The van der Waals surface area contributed by atoms with Crippen LogP contribution in [0.2, 0.25) is 0 Å². The lowest BCUT2D eigenvalue weighted by atomic mass is 9.92. The summed E-state index contributed by atoms with van der Waals surface area (Å²) in [6, 6.07) is 10.0. The molecule has 0 saturated heterocycles. The average Bonchev–Trinajstić information content (AvgIpc) is 2.43. The van der Waals surface area contributed by atoms with E-state index < -0.39 is 11.9 Å². The predicted molar refractivity (Wildman–Crippen MR) is 69.7 cm³/mol. The molecule has 5 heteroatoms. The summed E-state index contributed by atoms with van der Waals surface area (Å²) in [6.45, 7) is 0. The first-order valence-corrected chi connectivity index (χ1v) is 5.96. The van der Waals surface area contributed by atoms with E-state index in [-0.39, 0.29) is 11.1 Å². The van der Waals surface area contributed by atoms with Crippen LogP contribution >= 0.6 is 0 Å². The fourth-order valence-electron chi connectivity index (χ4n) is 2.38. The summed E-state index contributed by atoms with van der Waals surface area (Å²) < 4.78 is 5.65. The van der Waals surface area contributed by atoms with Crippen LogP contribution in [0.3, 0.4) is 0 Å². The Labute approximate surface area is 114 Å². The number of para-hydroxylation sites is 1. The van der Waals surface area contributed by atoms with Crippen molar-refractivity contribution in [1.29, 1.82) is 0 Å². The first-order chi connectivity index (χ1) is 9.58. The molecule has 1 heterocycles. The van der Waals surface area contributed by atoms with Crippen molar-refractivity contribution < 1.29 is 24.5 Å². The van der Waals surface area contributed by atoms with Crippen LogP contribution in [-0.4, -0.2) is 22.2 Å². The van der Waals surface area contributed by atoms with Crippen LogP contribution in [0.1, 0.15) is 31.8 Å². The van der Waals surface area contributed by atoms with Crippen LogP contribution in [-0.2, 0) is 6.42 Å². The summed E-state index contributed by atoms with van der Waals surface area (Å²) in [7, 11) is 0. The van der Waals surface area contributed by atoms with Crippen molar-refractivity contribution in [1.82, 2.24) is 0 Å². The van der Waals surface area contributed by atoms with Gasteiger partial charge >= 0.3 is 11.9 Å². The van der Waals surface area contributed by atoms with E-state index in [1.807, 2.05) is 18.2 Å². The van der Waals surface area contributed by atoms with Crippen LogP contribution in [0.25, 0.3) is 0 Å². The Morgan fingerprint density at radius 3 is 2.40 bits per heavy atom. The van der Waals surface area contributed by atoms with Crippen molar-refractivity contribution in [2.75, 3.05) is 0 Å². The summed E-state index contributed by atoms with van der Waals surface area (Å²) in [4.78, 5) is 22.5. The summed E-state index contributed by atoms with van der Waals surface area (Å²) in [6.07, 6.45) is 0.342. The monoisotopic (exact) mass is 270 g/mol. The number of carbonyl (C=O) groups is 2. The summed E-state index contributed by atoms with van der Waals surface area (Å²) in [5.41, 5.74) is 0.810. The summed E-state index contributed by atoms with van der Waals surface area (Å²) in [5, 5.41) is 18.4. The number of hydrogen-bond acceptors (Lipinski definition) is 3. The Balaban J connectivity index is 2.21. The number of carboxylic acid groups (broad SMARTS) is 2. The molecule has 0 bridgehead atoms. The number of hydrogen-bond donors (Lipinski definition) is 2. The number of benzene rings is 2. The third-order valence-electron chi connectivity index (χ3n) is 3.27. The van der Waals surface area contributed by atoms with E-state index in [1.165, 1.54) is 12.1 Å². The van der Waals surface area contributed by atoms with Crippen molar-refractivity contribution in [2.24, 2.45) is 0 Å². The van der Waals surface area contributed by atoms with E-state index in [4.69, 9.17) is 9.84 Å². The Morgan fingerprint density at radius 1 is 0.950 bits per heavy atom. The van der Waals surface area contributed by atoms with Crippen molar-refractivity contribution in [3.8, 4) is 11.5 Å². The van der Waals surface area contributed by atoms with Gasteiger partial charge in [-0.25, -0.2) is 9.59 Å². The molecule has 3 rings (SSSR count). The van der Waals surface area contributed by atoms with Crippen LogP contribution in [0, 0.1) is 0 Å². The lowest BCUT2D eigenvalue weighted by Gasteiger charge is -2.22. The van der Waals surface area contributed by atoms with Crippen LogP contribution in [0.4, 0.5) is 0 Å². The maximum absolute atomic E-state index is 11.4. The average molecular weight is 270 g/mol. The molecule has 0 aromatic heterocycles. The van der Waals surface area contributed by atoms with Gasteiger partial charge < -0.3 is 14.9 Å². The van der Waals surface area contributed by atoms with Crippen molar-refractivity contribution in [2.45, 2.75) is 6.42 Å². The molecule has 2 aromatic rings. The second kappa shape index (κ2) is 4.38. The summed E-state index contributed by atoms with van der Waals surface area (Å²) in [5.74, 6) is -1.46. The van der Waals surface area contributed by atoms with Gasteiger partial charge in [0.05, 0.1) is 11.1 Å². The molecule has 20 heavy (non-hydrogen) atoms. The number of ether oxygens (including phenoxy) is 1. The Morgan fingerprint density at radius 2 is 1.70 bits per heavy atom. The lowest BCUT2D eigenvalue weighted by molar-refractivity contribution is 0.0650. The minimum absolute atomic E-state index is 0.204. The largest absolute Gasteiger partial charge is 0.478 e. The fourth-order valence-corrected chi connectivity index (χ4v) is 2.38. The molecular formula is C15H10O5. The van der Waals surface area contributed by atoms with Gasteiger partial charge in [-0.1, -0.05) is 18.2 Å². The molecular weight excluding hydrogens is 260 g/mol. The van der Waals surface area contributed by atoms with E-state index >= 15 is 0 Å². The highest BCUT2D eigenvalue weighted by atomic mass is 16.5. The van der Waals surface area contributed by atoms with E-state index in [0.29, 0.717) is 23.5 Å². The molecule has 0 aliphatic carbocycles. The van der Waals surface area contributed by atoms with Crippen molar-refractivity contribution in [3.05, 3.63) is 58.7 Å². The van der Waals surface area contributed by atoms with Crippen molar-refractivity contribution in [3.63, 3.8) is 0 Å². The van der Waals surface area contributed by atoms with Gasteiger partial charge in [0.15, 0.2) is 0 Å². The van der Waals surface area contributed by atoms with Gasteiger partial charge in [-0.2, -0.15) is 0 Å². The smallest absolute Gasteiger partial charge is 0.337 e. The second-order valence-electron chi connectivity index (χ2n) is 4.46. The zero-order valence-corrected chi connectivity index (χ0v) is 10.3. The normalized spacial score (nSPS) is 12.0. The highest BCUT2D eigenvalue weighted by molar-refractivity contribution is 6.03. The Kier molecular flexibility index (Phi) is 2.68. The zero-order valence-electron chi connectivity index (χ0n) is 10.3.